The number of hydrogen-bond donors (Lipinski definition) is 2. The molecule has 108 valence electrons. The number of amides is 1. The maximum atomic E-state index is 12.0. The zero-order valence-electron chi connectivity index (χ0n) is 11.8. The van der Waals surface area contributed by atoms with Crippen LogP contribution in [-0.4, -0.2) is 23.0 Å². The number of benzene rings is 1. The fourth-order valence-corrected chi connectivity index (χ4v) is 2.88. The third-order valence-electron chi connectivity index (χ3n) is 3.97. The van der Waals surface area contributed by atoms with Gasteiger partial charge >= 0.3 is 5.97 Å². The third-order valence-corrected chi connectivity index (χ3v) is 3.97. The van der Waals surface area contributed by atoms with E-state index in [1.165, 1.54) is 11.1 Å². The van der Waals surface area contributed by atoms with Crippen LogP contribution in [0.3, 0.4) is 0 Å². The maximum Gasteiger partial charge on any atom is 0.326 e. The van der Waals surface area contributed by atoms with Crippen LogP contribution in [0, 0.1) is 0 Å². The lowest BCUT2D eigenvalue weighted by molar-refractivity contribution is -0.142. The van der Waals surface area contributed by atoms with Gasteiger partial charge in [0.1, 0.15) is 6.04 Å². The molecule has 0 aromatic heterocycles. The highest BCUT2D eigenvalue weighted by Crippen LogP contribution is 2.33. The van der Waals surface area contributed by atoms with Crippen LogP contribution in [-0.2, 0) is 16.0 Å². The number of carbonyl (C=O) groups is 2. The van der Waals surface area contributed by atoms with Crippen molar-refractivity contribution >= 4 is 11.9 Å². The minimum Gasteiger partial charge on any atom is -0.480 e. The van der Waals surface area contributed by atoms with Crippen molar-refractivity contribution in [2.75, 3.05) is 0 Å². The summed E-state index contributed by atoms with van der Waals surface area (Å²) in [5, 5.41) is 11.6. The van der Waals surface area contributed by atoms with Gasteiger partial charge in [0.25, 0.3) is 0 Å². The molecule has 1 aromatic rings. The summed E-state index contributed by atoms with van der Waals surface area (Å²) in [5.41, 5.74) is 2.57. The number of aliphatic carboxylic acids is 1. The SMILES string of the molecule is CCC(NC(=O)CC1CCCc2ccccc21)C(=O)O. The maximum absolute atomic E-state index is 12.0. The van der Waals surface area contributed by atoms with Gasteiger partial charge in [0.15, 0.2) is 0 Å². The van der Waals surface area contributed by atoms with Gasteiger partial charge in [-0.25, -0.2) is 4.79 Å². The standard InChI is InChI=1S/C16H21NO3/c1-2-14(16(19)20)17-15(18)10-12-8-5-7-11-6-3-4-9-13(11)12/h3-4,6,9,12,14H,2,5,7-8,10H2,1H3,(H,17,18)(H,19,20). The van der Waals surface area contributed by atoms with Gasteiger partial charge in [0, 0.05) is 6.42 Å². The quantitative estimate of drug-likeness (QED) is 0.867. The molecule has 1 amide bonds. The summed E-state index contributed by atoms with van der Waals surface area (Å²) in [6, 6.07) is 7.45. The molecule has 2 N–H and O–H groups in total. The fourth-order valence-electron chi connectivity index (χ4n) is 2.88. The zero-order valence-corrected chi connectivity index (χ0v) is 11.8. The summed E-state index contributed by atoms with van der Waals surface area (Å²) in [7, 11) is 0. The summed E-state index contributed by atoms with van der Waals surface area (Å²) in [6.07, 6.45) is 3.93. The molecule has 2 unspecified atom stereocenters. The molecule has 0 bridgehead atoms. The number of carbonyl (C=O) groups excluding carboxylic acids is 1. The highest BCUT2D eigenvalue weighted by Gasteiger charge is 2.24. The summed E-state index contributed by atoms with van der Waals surface area (Å²) in [4.78, 5) is 23.0. The topological polar surface area (TPSA) is 66.4 Å². The molecule has 0 saturated heterocycles. The van der Waals surface area contributed by atoms with Crippen molar-refractivity contribution < 1.29 is 14.7 Å². The van der Waals surface area contributed by atoms with Gasteiger partial charge in [-0.15, -0.1) is 0 Å². The number of rotatable bonds is 5. The Hall–Kier alpha value is -1.84. The lowest BCUT2D eigenvalue weighted by atomic mass is 9.81. The Morgan fingerprint density at radius 2 is 2.15 bits per heavy atom. The van der Waals surface area contributed by atoms with Crippen LogP contribution in [0.2, 0.25) is 0 Å². The Kier molecular flexibility index (Phi) is 4.77. The monoisotopic (exact) mass is 275 g/mol. The fraction of sp³-hybridized carbons (Fsp3) is 0.500. The third kappa shape index (κ3) is 3.38. The molecule has 0 aliphatic heterocycles. The Morgan fingerprint density at radius 1 is 1.40 bits per heavy atom. The van der Waals surface area contributed by atoms with Crippen LogP contribution < -0.4 is 5.32 Å². The first-order valence-electron chi connectivity index (χ1n) is 7.21. The molecule has 1 aromatic carbocycles. The molecule has 1 aliphatic rings. The first kappa shape index (κ1) is 14.6. The predicted molar refractivity (Wildman–Crippen MR) is 76.6 cm³/mol. The van der Waals surface area contributed by atoms with Gasteiger partial charge in [-0.1, -0.05) is 31.2 Å². The van der Waals surface area contributed by atoms with E-state index in [1.54, 1.807) is 6.92 Å². The zero-order chi connectivity index (χ0) is 14.5. The number of carboxylic acid groups (broad SMARTS) is 1. The van der Waals surface area contributed by atoms with Crippen LogP contribution in [0.25, 0.3) is 0 Å². The van der Waals surface area contributed by atoms with E-state index < -0.39 is 12.0 Å². The lowest BCUT2D eigenvalue weighted by Crippen LogP contribution is -2.40. The average molecular weight is 275 g/mol. The van der Waals surface area contributed by atoms with Crippen LogP contribution in [0.5, 0.6) is 0 Å². The highest BCUT2D eigenvalue weighted by molar-refractivity contribution is 5.84. The lowest BCUT2D eigenvalue weighted by Gasteiger charge is -2.25. The Morgan fingerprint density at radius 3 is 2.85 bits per heavy atom. The molecule has 0 heterocycles. The van der Waals surface area contributed by atoms with Crippen LogP contribution in [0.4, 0.5) is 0 Å². The minimum absolute atomic E-state index is 0.166. The molecule has 2 atom stereocenters. The Balaban J connectivity index is 2.01. The second-order valence-electron chi connectivity index (χ2n) is 5.36. The normalized spacial score (nSPS) is 18.9. The van der Waals surface area contributed by atoms with Crippen molar-refractivity contribution in [3.8, 4) is 0 Å². The molecule has 0 spiro atoms. The number of fused-ring (bicyclic) bond motifs is 1. The molecular formula is C16H21NO3. The second-order valence-corrected chi connectivity index (χ2v) is 5.36. The predicted octanol–water partition coefficient (Wildman–Crippen LogP) is 2.48. The van der Waals surface area contributed by atoms with E-state index in [0.29, 0.717) is 12.8 Å². The van der Waals surface area contributed by atoms with E-state index >= 15 is 0 Å². The number of aryl methyl sites for hydroxylation is 1. The Bertz CT molecular complexity index is 498. The van der Waals surface area contributed by atoms with Crippen molar-refractivity contribution in [1.82, 2.24) is 5.32 Å². The molecule has 4 heteroatoms. The second kappa shape index (κ2) is 6.55. The van der Waals surface area contributed by atoms with Gasteiger partial charge < -0.3 is 10.4 Å². The van der Waals surface area contributed by atoms with Crippen LogP contribution >= 0.6 is 0 Å². The van der Waals surface area contributed by atoms with Crippen LogP contribution in [0.1, 0.15) is 49.7 Å². The van der Waals surface area contributed by atoms with Crippen molar-refractivity contribution in [2.24, 2.45) is 0 Å². The van der Waals surface area contributed by atoms with Crippen LogP contribution in [0.15, 0.2) is 24.3 Å². The first-order valence-corrected chi connectivity index (χ1v) is 7.21. The summed E-state index contributed by atoms with van der Waals surface area (Å²) < 4.78 is 0. The van der Waals surface area contributed by atoms with Gasteiger partial charge in [0.2, 0.25) is 5.91 Å². The van der Waals surface area contributed by atoms with E-state index in [9.17, 15) is 9.59 Å². The number of hydrogen-bond acceptors (Lipinski definition) is 2. The molecule has 20 heavy (non-hydrogen) atoms. The first-order chi connectivity index (χ1) is 9.61. The molecule has 0 radical (unpaired) electrons. The van der Waals surface area contributed by atoms with Gasteiger partial charge in [0.05, 0.1) is 0 Å². The van der Waals surface area contributed by atoms with Gasteiger partial charge in [-0.05, 0) is 42.7 Å². The van der Waals surface area contributed by atoms with Gasteiger partial charge in [-0.3, -0.25) is 4.79 Å². The summed E-state index contributed by atoms with van der Waals surface area (Å²) in [6.45, 7) is 1.76. The Labute approximate surface area is 119 Å². The summed E-state index contributed by atoms with van der Waals surface area (Å²) in [5.74, 6) is -0.919. The largest absolute Gasteiger partial charge is 0.480 e. The molecule has 0 saturated carbocycles. The van der Waals surface area contributed by atoms with Crippen molar-refractivity contribution in [3.05, 3.63) is 35.4 Å². The van der Waals surface area contributed by atoms with E-state index in [4.69, 9.17) is 5.11 Å². The number of carboxylic acids is 1. The smallest absolute Gasteiger partial charge is 0.326 e. The van der Waals surface area contributed by atoms with E-state index in [0.717, 1.165) is 19.3 Å². The van der Waals surface area contributed by atoms with E-state index in [1.807, 2.05) is 12.1 Å². The minimum atomic E-state index is -0.968. The number of nitrogens with one attached hydrogen (secondary N) is 1. The van der Waals surface area contributed by atoms with Crippen molar-refractivity contribution in [1.29, 1.82) is 0 Å². The molecule has 4 nitrogen and oxygen atoms in total. The highest BCUT2D eigenvalue weighted by atomic mass is 16.4. The molecular weight excluding hydrogens is 254 g/mol. The van der Waals surface area contributed by atoms with E-state index in [-0.39, 0.29) is 11.8 Å². The summed E-state index contributed by atoms with van der Waals surface area (Å²) >= 11 is 0. The van der Waals surface area contributed by atoms with E-state index in [2.05, 4.69) is 17.4 Å². The van der Waals surface area contributed by atoms with Crippen molar-refractivity contribution in [2.45, 2.75) is 51.0 Å². The molecule has 0 fully saturated rings. The van der Waals surface area contributed by atoms with Gasteiger partial charge in [-0.2, -0.15) is 0 Å². The molecule has 1 aliphatic carbocycles. The molecule has 2 rings (SSSR count). The average Bonchev–Trinajstić information content (AvgIpc) is 2.45. The van der Waals surface area contributed by atoms with Crippen molar-refractivity contribution in [3.63, 3.8) is 0 Å².